The van der Waals surface area contributed by atoms with E-state index in [2.05, 4.69) is 32.1 Å². The summed E-state index contributed by atoms with van der Waals surface area (Å²) in [6.07, 6.45) is 7.35. The average molecular weight is 286 g/mol. The van der Waals surface area contributed by atoms with E-state index in [-0.39, 0.29) is 18.0 Å². The third-order valence-electron chi connectivity index (χ3n) is 3.37. The van der Waals surface area contributed by atoms with Crippen LogP contribution in [0.15, 0.2) is 42.5 Å². The molecule has 0 unspecified atom stereocenters. The Kier molecular flexibility index (Phi) is 4.84. The van der Waals surface area contributed by atoms with Crippen LogP contribution in [0.2, 0.25) is 0 Å². The fraction of sp³-hybridized carbons (Fsp3) is 0.389. The number of hydrogen-bond acceptors (Lipinski definition) is 3. The SMILES string of the molecule is CCOC(=O)COc1ccccc1C1=CC=CC(C)(C)C1. The molecule has 3 heteroatoms. The first-order valence-electron chi connectivity index (χ1n) is 7.28. The number of benzene rings is 1. The number of para-hydroxylation sites is 1. The molecule has 0 aromatic heterocycles. The standard InChI is InChI=1S/C18H22O3/c1-4-20-17(19)13-21-16-10-6-5-9-15(16)14-8-7-11-18(2,3)12-14/h5-11H,4,12-13H2,1-3H3. The highest BCUT2D eigenvalue weighted by molar-refractivity contribution is 5.75. The molecule has 1 aliphatic carbocycles. The molecule has 1 aliphatic rings. The summed E-state index contributed by atoms with van der Waals surface area (Å²) in [5.74, 6) is 0.382. The van der Waals surface area contributed by atoms with E-state index >= 15 is 0 Å². The lowest BCUT2D eigenvalue weighted by atomic mass is 9.80. The monoisotopic (exact) mass is 286 g/mol. The molecule has 21 heavy (non-hydrogen) atoms. The molecular weight excluding hydrogens is 264 g/mol. The van der Waals surface area contributed by atoms with Crippen molar-refractivity contribution in [1.82, 2.24) is 0 Å². The summed E-state index contributed by atoms with van der Waals surface area (Å²) in [7, 11) is 0. The number of hydrogen-bond donors (Lipinski definition) is 0. The Morgan fingerprint density at radius 2 is 2.05 bits per heavy atom. The molecule has 1 aromatic carbocycles. The van der Waals surface area contributed by atoms with Crippen LogP contribution in [0.5, 0.6) is 5.75 Å². The average Bonchev–Trinajstić information content (AvgIpc) is 2.45. The molecule has 0 amide bonds. The molecule has 0 bridgehead atoms. The number of esters is 1. The van der Waals surface area contributed by atoms with Gasteiger partial charge in [0, 0.05) is 5.56 Å². The van der Waals surface area contributed by atoms with Crippen LogP contribution in [0.4, 0.5) is 0 Å². The van der Waals surface area contributed by atoms with Gasteiger partial charge in [-0.25, -0.2) is 4.79 Å². The third kappa shape index (κ3) is 4.22. The third-order valence-corrected chi connectivity index (χ3v) is 3.37. The van der Waals surface area contributed by atoms with Crippen molar-refractivity contribution in [3.8, 4) is 5.75 Å². The number of carbonyl (C=O) groups excluding carboxylic acids is 1. The van der Waals surface area contributed by atoms with Crippen LogP contribution >= 0.6 is 0 Å². The van der Waals surface area contributed by atoms with E-state index in [4.69, 9.17) is 9.47 Å². The van der Waals surface area contributed by atoms with Crippen molar-refractivity contribution in [1.29, 1.82) is 0 Å². The second-order valence-corrected chi connectivity index (χ2v) is 5.81. The van der Waals surface area contributed by atoms with Gasteiger partial charge < -0.3 is 9.47 Å². The van der Waals surface area contributed by atoms with E-state index in [1.54, 1.807) is 6.92 Å². The van der Waals surface area contributed by atoms with Gasteiger partial charge in [-0.15, -0.1) is 0 Å². The van der Waals surface area contributed by atoms with Crippen molar-refractivity contribution in [2.45, 2.75) is 27.2 Å². The first-order chi connectivity index (χ1) is 10.0. The molecule has 0 atom stereocenters. The van der Waals surface area contributed by atoms with Gasteiger partial charge in [0.1, 0.15) is 5.75 Å². The molecule has 3 nitrogen and oxygen atoms in total. The van der Waals surface area contributed by atoms with Crippen LogP contribution in [0.3, 0.4) is 0 Å². The zero-order chi connectivity index (χ0) is 15.3. The van der Waals surface area contributed by atoms with E-state index in [0.29, 0.717) is 6.61 Å². The van der Waals surface area contributed by atoms with Gasteiger partial charge in [-0.3, -0.25) is 0 Å². The normalized spacial score (nSPS) is 16.2. The Bertz CT molecular complexity index is 568. The van der Waals surface area contributed by atoms with Crippen molar-refractivity contribution >= 4 is 11.5 Å². The molecule has 0 spiro atoms. The number of ether oxygens (including phenoxy) is 2. The number of carbonyl (C=O) groups is 1. The van der Waals surface area contributed by atoms with Crippen molar-refractivity contribution in [2.75, 3.05) is 13.2 Å². The minimum absolute atomic E-state index is 0.0582. The minimum Gasteiger partial charge on any atom is -0.481 e. The second kappa shape index (κ2) is 6.61. The van der Waals surface area contributed by atoms with Gasteiger partial charge in [-0.1, -0.05) is 50.3 Å². The van der Waals surface area contributed by atoms with Crippen molar-refractivity contribution in [3.63, 3.8) is 0 Å². The molecule has 0 saturated carbocycles. The highest BCUT2D eigenvalue weighted by Crippen LogP contribution is 2.38. The lowest BCUT2D eigenvalue weighted by Gasteiger charge is -2.26. The molecule has 112 valence electrons. The summed E-state index contributed by atoms with van der Waals surface area (Å²) in [4.78, 5) is 11.4. The van der Waals surface area contributed by atoms with Gasteiger partial charge in [0.25, 0.3) is 0 Å². The fourth-order valence-electron chi connectivity index (χ4n) is 2.42. The smallest absolute Gasteiger partial charge is 0.344 e. The molecule has 2 rings (SSSR count). The lowest BCUT2D eigenvalue weighted by Crippen LogP contribution is -2.16. The fourth-order valence-corrected chi connectivity index (χ4v) is 2.42. The van der Waals surface area contributed by atoms with Gasteiger partial charge in [-0.05, 0) is 30.4 Å². The maximum atomic E-state index is 11.4. The van der Waals surface area contributed by atoms with Gasteiger partial charge >= 0.3 is 5.97 Å². The Labute approximate surface area is 126 Å². The zero-order valence-electron chi connectivity index (χ0n) is 12.9. The van der Waals surface area contributed by atoms with Crippen molar-refractivity contribution in [3.05, 3.63) is 48.1 Å². The molecule has 0 heterocycles. The summed E-state index contributed by atoms with van der Waals surface area (Å²) in [5, 5.41) is 0. The molecule has 0 radical (unpaired) electrons. The Balaban J connectivity index is 2.16. The van der Waals surface area contributed by atoms with E-state index in [0.717, 1.165) is 17.7 Å². The quantitative estimate of drug-likeness (QED) is 0.768. The van der Waals surface area contributed by atoms with Gasteiger partial charge in [-0.2, -0.15) is 0 Å². The minimum atomic E-state index is -0.342. The Morgan fingerprint density at radius 3 is 2.76 bits per heavy atom. The van der Waals surface area contributed by atoms with E-state index in [1.165, 1.54) is 5.57 Å². The summed E-state index contributed by atoms with van der Waals surface area (Å²) in [6.45, 7) is 6.51. The second-order valence-electron chi connectivity index (χ2n) is 5.81. The number of rotatable bonds is 5. The van der Waals surface area contributed by atoms with Crippen LogP contribution in [0, 0.1) is 5.41 Å². The van der Waals surface area contributed by atoms with Gasteiger partial charge in [0.05, 0.1) is 6.61 Å². The first kappa shape index (κ1) is 15.4. The predicted octanol–water partition coefficient (Wildman–Crippen LogP) is 4.00. The van der Waals surface area contributed by atoms with E-state index < -0.39 is 0 Å². The molecule has 0 aliphatic heterocycles. The first-order valence-corrected chi connectivity index (χ1v) is 7.28. The maximum Gasteiger partial charge on any atom is 0.344 e. The molecular formula is C18H22O3. The van der Waals surface area contributed by atoms with Crippen LogP contribution in [-0.2, 0) is 9.53 Å². The van der Waals surface area contributed by atoms with Crippen molar-refractivity contribution in [2.24, 2.45) is 5.41 Å². The van der Waals surface area contributed by atoms with Crippen molar-refractivity contribution < 1.29 is 14.3 Å². The summed E-state index contributed by atoms with van der Waals surface area (Å²) in [5.41, 5.74) is 2.40. The molecule has 0 N–H and O–H groups in total. The van der Waals surface area contributed by atoms with E-state index in [1.807, 2.05) is 24.3 Å². The summed E-state index contributed by atoms with van der Waals surface area (Å²) < 4.78 is 10.5. The molecule has 0 fully saturated rings. The highest BCUT2D eigenvalue weighted by Gasteiger charge is 2.21. The van der Waals surface area contributed by atoms with Gasteiger partial charge in [0.2, 0.25) is 0 Å². The predicted molar refractivity (Wildman–Crippen MR) is 84.1 cm³/mol. The Hall–Kier alpha value is -2.03. The summed E-state index contributed by atoms with van der Waals surface area (Å²) >= 11 is 0. The molecule has 0 saturated heterocycles. The topological polar surface area (TPSA) is 35.5 Å². The number of allylic oxidation sites excluding steroid dienone is 4. The van der Waals surface area contributed by atoms with E-state index in [9.17, 15) is 4.79 Å². The Morgan fingerprint density at radius 1 is 1.29 bits per heavy atom. The van der Waals surface area contributed by atoms with Crippen LogP contribution in [-0.4, -0.2) is 19.2 Å². The maximum absolute atomic E-state index is 11.4. The van der Waals surface area contributed by atoms with Crippen LogP contribution in [0.1, 0.15) is 32.8 Å². The summed E-state index contributed by atoms with van der Waals surface area (Å²) in [6, 6.07) is 7.81. The highest BCUT2D eigenvalue weighted by atomic mass is 16.6. The van der Waals surface area contributed by atoms with Gasteiger partial charge in [0.15, 0.2) is 6.61 Å². The lowest BCUT2D eigenvalue weighted by molar-refractivity contribution is -0.145. The van der Waals surface area contributed by atoms with Crippen LogP contribution < -0.4 is 4.74 Å². The zero-order valence-corrected chi connectivity index (χ0v) is 12.9. The molecule has 1 aromatic rings. The van der Waals surface area contributed by atoms with Crippen LogP contribution in [0.25, 0.3) is 5.57 Å². The largest absolute Gasteiger partial charge is 0.481 e.